The number of hydrogen-bond acceptors (Lipinski definition) is 3. The number of para-hydroxylation sites is 1. The summed E-state index contributed by atoms with van der Waals surface area (Å²) >= 11 is 0. The number of hydrogen-bond donors (Lipinski definition) is 1. The largest absolute Gasteiger partial charge is 0.381 e. The smallest absolute Gasteiger partial charge is 0.108 e. The van der Waals surface area contributed by atoms with Crippen LogP contribution < -0.4 is 10.2 Å². The van der Waals surface area contributed by atoms with Crippen LogP contribution in [0.4, 0.5) is 11.4 Å². The van der Waals surface area contributed by atoms with Crippen molar-refractivity contribution in [3.63, 3.8) is 0 Å². The molecule has 136 valence electrons. The Morgan fingerprint density at radius 3 is 2.50 bits per heavy atom. The summed E-state index contributed by atoms with van der Waals surface area (Å²) in [4.78, 5) is 7.16. The summed E-state index contributed by atoms with van der Waals surface area (Å²) in [5, 5.41) is 3.64. The maximum absolute atomic E-state index is 5.64. The van der Waals surface area contributed by atoms with E-state index in [0.29, 0.717) is 6.54 Å². The molecule has 0 unspecified atom stereocenters. The van der Waals surface area contributed by atoms with E-state index < -0.39 is 0 Å². The van der Waals surface area contributed by atoms with Gasteiger partial charge >= 0.3 is 0 Å². The second kappa shape index (κ2) is 7.12. The topological polar surface area (TPSA) is 36.9 Å². The molecule has 1 N–H and O–H groups in total. The number of amidine groups is 1. The Balaban J connectivity index is 1.60. The zero-order valence-electron chi connectivity index (χ0n) is 15.7. The molecule has 0 aromatic heterocycles. The molecule has 4 heteroatoms. The Morgan fingerprint density at radius 2 is 1.77 bits per heavy atom. The quantitative estimate of drug-likeness (QED) is 0.906. The van der Waals surface area contributed by atoms with Gasteiger partial charge in [-0.25, -0.2) is 0 Å². The van der Waals surface area contributed by atoms with E-state index in [1.807, 2.05) is 0 Å². The number of ether oxygens (including phenoxy) is 1. The summed E-state index contributed by atoms with van der Waals surface area (Å²) in [6, 6.07) is 17.3. The molecule has 0 amide bonds. The summed E-state index contributed by atoms with van der Waals surface area (Å²) in [5.41, 5.74) is 5.14. The molecule has 0 saturated carbocycles. The summed E-state index contributed by atoms with van der Waals surface area (Å²) in [6.07, 6.45) is 3.12. The molecule has 0 atom stereocenters. The van der Waals surface area contributed by atoms with Crippen molar-refractivity contribution in [2.45, 2.75) is 25.8 Å². The van der Waals surface area contributed by atoms with Crippen molar-refractivity contribution in [3.8, 4) is 0 Å². The summed E-state index contributed by atoms with van der Waals surface area (Å²) in [6.45, 7) is 2.35. The monoisotopic (exact) mass is 349 g/mol. The number of aliphatic imine (C=N–C) groups is 1. The minimum atomic E-state index is 0.0934. The minimum absolute atomic E-state index is 0.0934. The average molecular weight is 349 g/mol. The van der Waals surface area contributed by atoms with Crippen LogP contribution in [0.1, 0.15) is 24.0 Å². The van der Waals surface area contributed by atoms with Crippen molar-refractivity contribution < 1.29 is 4.74 Å². The maximum Gasteiger partial charge on any atom is 0.108 e. The van der Waals surface area contributed by atoms with Gasteiger partial charge in [-0.3, -0.25) is 4.99 Å². The molecule has 1 spiro atoms. The molecule has 1 fully saturated rings. The zero-order valence-corrected chi connectivity index (χ0v) is 15.7. The van der Waals surface area contributed by atoms with Crippen molar-refractivity contribution >= 4 is 17.2 Å². The van der Waals surface area contributed by atoms with E-state index in [1.54, 1.807) is 0 Å². The molecule has 26 heavy (non-hydrogen) atoms. The third-order valence-corrected chi connectivity index (χ3v) is 5.62. The lowest BCUT2D eigenvalue weighted by Gasteiger charge is -2.42. The van der Waals surface area contributed by atoms with Crippen LogP contribution in [0.15, 0.2) is 53.5 Å². The molecule has 2 aromatic rings. The maximum atomic E-state index is 5.64. The lowest BCUT2D eigenvalue weighted by molar-refractivity contribution is 0.0448. The van der Waals surface area contributed by atoms with Gasteiger partial charge in [-0.2, -0.15) is 0 Å². The van der Waals surface area contributed by atoms with Crippen molar-refractivity contribution in [2.24, 2.45) is 10.4 Å². The highest BCUT2D eigenvalue weighted by Gasteiger charge is 2.41. The van der Waals surface area contributed by atoms with Crippen molar-refractivity contribution in [2.75, 3.05) is 37.5 Å². The fourth-order valence-corrected chi connectivity index (χ4v) is 3.96. The molecule has 0 bridgehead atoms. The van der Waals surface area contributed by atoms with E-state index in [0.717, 1.165) is 38.3 Å². The van der Waals surface area contributed by atoms with Crippen molar-refractivity contribution in [1.82, 2.24) is 0 Å². The molecular formula is C22H27N3O. The molecule has 4 nitrogen and oxygen atoms in total. The Kier molecular flexibility index (Phi) is 4.68. The first-order valence-corrected chi connectivity index (χ1v) is 9.40. The highest BCUT2D eigenvalue weighted by atomic mass is 16.5. The van der Waals surface area contributed by atoms with E-state index in [9.17, 15) is 0 Å². The second-order valence-electron chi connectivity index (χ2n) is 7.58. The minimum Gasteiger partial charge on any atom is -0.381 e. The van der Waals surface area contributed by atoms with E-state index in [1.165, 1.54) is 22.5 Å². The number of nitrogens with zero attached hydrogens (tertiary/aromatic N) is 2. The predicted molar refractivity (Wildman–Crippen MR) is 108 cm³/mol. The Bertz CT molecular complexity index is 789. The standard InChI is InChI=1S/C22H27N3O/c1-25(2)19-9-7-17(8-10-19)16-23-21-22(11-13-26-14-12-22)15-18-5-3-4-6-20(18)24-21/h3-10H,11-16H2,1-2H3,(H,23,24). The highest BCUT2D eigenvalue weighted by molar-refractivity contribution is 6.02. The average Bonchev–Trinajstić information content (AvgIpc) is 2.67. The van der Waals surface area contributed by atoms with Crippen molar-refractivity contribution in [1.29, 1.82) is 0 Å². The number of rotatable bonds is 3. The van der Waals surface area contributed by atoms with Gasteiger partial charge < -0.3 is 15.0 Å². The molecule has 2 aromatic carbocycles. The van der Waals surface area contributed by atoms with Crippen LogP contribution in [0.2, 0.25) is 0 Å². The molecule has 4 rings (SSSR count). The lowest BCUT2D eigenvalue weighted by atomic mass is 9.71. The van der Waals surface area contributed by atoms with Crippen LogP contribution in [-0.2, 0) is 17.7 Å². The molecule has 1 saturated heterocycles. The van der Waals surface area contributed by atoms with E-state index in [-0.39, 0.29) is 5.41 Å². The lowest BCUT2D eigenvalue weighted by Crippen LogP contribution is -2.45. The first kappa shape index (κ1) is 17.1. The molecule has 2 heterocycles. The fourth-order valence-electron chi connectivity index (χ4n) is 3.96. The van der Waals surface area contributed by atoms with Gasteiger partial charge in [-0.1, -0.05) is 30.3 Å². The van der Waals surface area contributed by atoms with Crippen LogP contribution >= 0.6 is 0 Å². The molecular weight excluding hydrogens is 322 g/mol. The first-order valence-electron chi connectivity index (χ1n) is 9.40. The third-order valence-electron chi connectivity index (χ3n) is 5.62. The van der Waals surface area contributed by atoms with Crippen LogP contribution in [0.5, 0.6) is 0 Å². The van der Waals surface area contributed by atoms with Gasteiger partial charge in [0.15, 0.2) is 0 Å². The van der Waals surface area contributed by atoms with Crippen LogP contribution in [0.25, 0.3) is 0 Å². The number of nitrogens with one attached hydrogen (secondary N) is 1. The summed E-state index contributed by atoms with van der Waals surface area (Å²) < 4.78 is 5.64. The van der Waals surface area contributed by atoms with Gasteiger partial charge in [-0.15, -0.1) is 0 Å². The SMILES string of the molecule is CN(C)c1ccc(CN=C2Nc3ccccc3CC23CCOCC3)cc1. The van der Waals surface area contributed by atoms with Crippen LogP contribution in [0, 0.1) is 5.41 Å². The number of anilines is 2. The fraction of sp³-hybridized carbons (Fsp3) is 0.409. The van der Waals surface area contributed by atoms with Gasteiger partial charge in [0, 0.05) is 44.1 Å². The van der Waals surface area contributed by atoms with Gasteiger partial charge in [0.1, 0.15) is 5.84 Å². The van der Waals surface area contributed by atoms with E-state index >= 15 is 0 Å². The Hall–Kier alpha value is -2.33. The zero-order chi connectivity index (χ0) is 18.0. The summed E-state index contributed by atoms with van der Waals surface area (Å²) in [7, 11) is 4.13. The summed E-state index contributed by atoms with van der Waals surface area (Å²) in [5.74, 6) is 1.14. The molecule has 0 radical (unpaired) electrons. The third kappa shape index (κ3) is 3.34. The van der Waals surface area contributed by atoms with E-state index in [2.05, 4.69) is 72.8 Å². The van der Waals surface area contributed by atoms with E-state index in [4.69, 9.17) is 9.73 Å². The first-order chi connectivity index (χ1) is 12.7. The predicted octanol–water partition coefficient (Wildman–Crippen LogP) is 4.12. The molecule has 0 aliphatic carbocycles. The normalized spacial score (nSPS) is 19.8. The van der Waals surface area contributed by atoms with Gasteiger partial charge in [0.25, 0.3) is 0 Å². The van der Waals surface area contributed by atoms with Gasteiger partial charge in [-0.05, 0) is 48.6 Å². The number of benzene rings is 2. The molecule has 2 aliphatic rings. The second-order valence-corrected chi connectivity index (χ2v) is 7.58. The Morgan fingerprint density at radius 1 is 1.04 bits per heavy atom. The Labute approximate surface area is 155 Å². The highest BCUT2D eigenvalue weighted by Crippen LogP contribution is 2.41. The van der Waals surface area contributed by atoms with Crippen molar-refractivity contribution in [3.05, 3.63) is 59.7 Å². The number of fused-ring (bicyclic) bond motifs is 1. The van der Waals surface area contributed by atoms with Crippen LogP contribution in [0.3, 0.4) is 0 Å². The van der Waals surface area contributed by atoms with Gasteiger partial charge in [0.05, 0.1) is 6.54 Å². The molecule has 2 aliphatic heterocycles. The van der Waals surface area contributed by atoms with Gasteiger partial charge in [0.2, 0.25) is 0 Å². The van der Waals surface area contributed by atoms with Crippen LogP contribution in [-0.4, -0.2) is 33.1 Å².